The van der Waals surface area contributed by atoms with Crippen molar-refractivity contribution in [2.24, 2.45) is 0 Å². The van der Waals surface area contributed by atoms with Crippen LogP contribution in [-0.2, 0) is 6.42 Å². The lowest BCUT2D eigenvalue weighted by atomic mass is 9.98. The first-order chi connectivity index (χ1) is 8.75. The van der Waals surface area contributed by atoms with Crippen LogP contribution in [0.25, 0.3) is 6.08 Å². The Morgan fingerprint density at radius 3 is 2.50 bits per heavy atom. The van der Waals surface area contributed by atoms with E-state index in [9.17, 15) is 4.79 Å². The van der Waals surface area contributed by atoms with E-state index in [1.165, 1.54) is 11.1 Å². The Labute approximate surface area is 107 Å². The summed E-state index contributed by atoms with van der Waals surface area (Å²) < 4.78 is 0. The van der Waals surface area contributed by atoms with Gasteiger partial charge in [-0.2, -0.15) is 0 Å². The lowest BCUT2D eigenvalue weighted by Gasteiger charge is -2.05. The third-order valence-electron chi connectivity index (χ3n) is 3.45. The van der Waals surface area contributed by atoms with Crippen LogP contribution in [0.2, 0.25) is 0 Å². The van der Waals surface area contributed by atoms with Crippen LogP contribution in [0, 0.1) is 6.92 Å². The van der Waals surface area contributed by atoms with Gasteiger partial charge in [-0.3, -0.25) is 4.79 Å². The molecule has 1 nitrogen and oxygen atoms in total. The number of rotatable bonds is 2. The summed E-state index contributed by atoms with van der Waals surface area (Å²) in [6, 6.07) is 16.0. The summed E-state index contributed by atoms with van der Waals surface area (Å²) in [6.45, 7) is 1.98. The molecule has 0 radical (unpaired) electrons. The third-order valence-corrected chi connectivity index (χ3v) is 3.45. The Morgan fingerprint density at radius 1 is 1.00 bits per heavy atom. The molecule has 0 aliphatic heterocycles. The summed E-state index contributed by atoms with van der Waals surface area (Å²) >= 11 is 0. The molecule has 0 aromatic heterocycles. The number of benzene rings is 2. The molecule has 1 aliphatic carbocycles. The van der Waals surface area contributed by atoms with Gasteiger partial charge in [0.25, 0.3) is 0 Å². The predicted octanol–water partition coefficient (Wildman–Crippen LogP) is 3.82. The zero-order chi connectivity index (χ0) is 12.5. The van der Waals surface area contributed by atoms with E-state index in [2.05, 4.69) is 12.1 Å². The van der Waals surface area contributed by atoms with Crippen LogP contribution in [-0.4, -0.2) is 5.78 Å². The van der Waals surface area contributed by atoms with Crippen LogP contribution in [0.15, 0.2) is 54.1 Å². The maximum atomic E-state index is 12.5. The maximum Gasteiger partial charge on any atom is 0.189 e. The Kier molecular flexibility index (Phi) is 2.60. The van der Waals surface area contributed by atoms with Gasteiger partial charge in [-0.15, -0.1) is 0 Å². The van der Waals surface area contributed by atoms with Crippen molar-refractivity contribution in [2.45, 2.75) is 13.3 Å². The minimum Gasteiger partial charge on any atom is -0.289 e. The minimum absolute atomic E-state index is 0.157. The Hall–Kier alpha value is -2.15. The van der Waals surface area contributed by atoms with Crippen LogP contribution in [0.5, 0.6) is 0 Å². The first-order valence-corrected chi connectivity index (χ1v) is 6.14. The zero-order valence-electron chi connectivity index (χ0n) is 10.3. The van der Waals surface area contributed by atoms with Gasteiger partial charge in [-0.1, -0.05) is 48.5 Å². The predicted molar refractivity (Wildman–Crippen MR) is 73.6 cm³/mol. The van der Waals surface area contributed by atoms with Gasteiger partial charge in [-0.05, 0) is 29.7 Å². The molecule has 2 aromatic rings. The molecular formula is C17H14O. The molecule has 0 fully saturated rings. The number of carbonyl (C=O) groups excluding carboxylic acids is 1. The number of allylic oxidation sites excluding steroid dienone is 1. The van der Waals surface area contributed by atoms with E-state index >= 15 is 0 Å². The van der Waals surface area contributed by atoms with Gasteiger partial charge in [0, 0.05) is 17.6 Å². The molecule has 0 unspecified atom stereocenters. The number of carbonyl (C=O) groups is 1. The second-order valence-electron chi connectivity index (χ2n) is 4.69. The van der Waals surface area contributed by atoms with E-state index in [0.717, 1.165) is 23.1 Å². The average molecular weight is 234 g/mol. The fraction of sp³-hybridized carbons (Fsp3) is 0.118. The summed E-state index contributed by atoms with van der Waals surface area (Å²) in [6.07, 6.45) is 2.77. The van der Waals surface area contributed by atoms with E-state index < -0.39 is 0 Å². The summed E-state index contributed by atoms with van der Waals surface area (Å²) in [5, 5.41) is 0. The molecular weight excluding hydrogens is 220 g/mol. The molecule has 0 spiro atoms. The molecule has 18 heavy (non-hydrogen) atoms. The SMILES string of the molecule is Cc1ccccc1C(=O)C1=Cc2ccccc2C1. The van der Waals surface area contributed by atoms with Gasteiger partial charge in [0.05, 0.1) is 0 Å². The van der Waals surface area contributed by atoms with Crippen molar-refractivity contribution in [1.29, 1.82) is 0 Å². The molecule has 0 bridgehead atoms. The molecule has 3 rings (SSSR count). The molecule has 2 aromatic carbocycles. The van der Waals surface area contributed by atoms with Gasteiger partial charge in [0.15, 0.2) is 5.78 Å². The third kappa shape index (κ3) is 1.78. The lowest BCUT2D eigenvalue weighted by Crippen LogP contribution is -2.05. The number of ketones is 1. The highest BCUT2D eigenvalue weighted by Gasteiger charge is 2.20. The fourth-order valence-corrected chi connectivity index (χ4v) is 2.43. The van der Waals surface area contributed by atoms with Gasteiger partial charge in [-0.25, -0.2) is 0 Å². The zero-order valence-corrected chi connectivity index (χ0v) is 10.3. The van der Waals surface area contributed by atoms with Crippen LogP contribution < -0.4 is 0 Å². The number of aryl methyl sites for hydroxylation is 1. The largest absolute Gasteiger partial charge is 0.289 e. The van der Waals surface area contributed by atoms with Gasteiger partial charge in [0.2, 0.25) is 0 Å². The summed E-state index contributed by atoms with van der Waals surface area (Å²) in [5.74, 6) is 0.157. The van der Waals surface area contributed by atoms with Crippen LogP contribution in [0.3, 0.4) is 0 Å². The van der Waals surface area contributed by atoms with Crippen molar-refractivity contribution in [3.05, 3.63) is 76.4 Å². The van der Waals surface area contributed by atoms with Gasteiger partial charge >= 0.3 is 0 Å². The Balaban J connectivity index is 1.96. The van der Waals surface area contributed by atoms with Crippen molar-refractivity contribution in [1.82, 2.24) is 0 Å². The fourth-order valence-electron chi connectivity index (χ4n) is 2.43. The molecule has 88 valence electrons. The standard InChI is InChI=1S/C17H14O/c1-12-6-2-5-9-16(12)17(18)15-10-13-7-3-4-8-14(13)11-15/h2-10H,11H2,1H3. The highest BCUT2D eigenvalue weighted by Crippen LogP contribution is 2.27. The van der Waals surface area contributed by atoms with Gasteiger partial charge < -0.3 is 0 Å². The van der Waals surface area contributed by atoms with Crippen LogP contribution in [0.1, 0.15) is 27.0 Å². The number of Topliss-reactive ketones (excluding diaryl/α,β-unsaturated/α-hetero) is 1. The highest BCUT2D eigenvalue weighted by atomic mass is 16.1. The van der Waals surface area contributed by atoms with Crippen LogP contribution >= 0.6 is 0 Å². The van der Waals surface area contributed by atoms with Crippen molar-refractivity contribution in [3.63, 3.8) is 0 Å². The topological polar surface area (TPSA) is 17.1 Å². The average Bonchev–Trinajstić information content (AvgIpc) is 2.82. The second kappa shape index (κ2) is 4.26. The van der Waals surface area contributed by atoms with Crippen molar-refractivity contribution in [3.8, 4) is 0 Å². The first-order valence-electron chi connectivity index (χ1n) is 6.14. The number of fused-ring (bicyclic) bond motifs is 1. The maximum absolute atomic E-state index is 12.5. The first kappa shape index (κ1) is 11.0. The molecule has 0 N–H and O–H groups in total. The normalized spacial score (nSPS) is 13.1. The second-order valence-corrected chi connectivity index (χ2v) is 4.69. The highest BCUT2D eigenvalue weighted by molar-refractivity contribution is 6.13. The van der Waals surface area contributed by atoms with Crippen molar-refractivity contribution < 1.29 is 4.79 Å². The van der Waals surface area contributed by atoms with E-state index in [0.29, 0.717) is 0 Å². The number of hydrogen-bond acceptors (Lipinski definition) is 1. The van der Waals surface area contributed by atoms with Crippen molar-refractivity contribution >= 4 is 11.9 Å². The minimum atomic E-state index is 0.157. The van der Waals surface area contributed by atoms with E-state index in [1.807, 2.05) is 49.4 Å². The molecule has 0 atom stereocenters. The van der Waals surface area contributed by atoms with Gasteiger partial charge in [0.1, 0.15) is 0 Å². The Bertz CT molecular complexity index is 650. The summed E-state index contributed by atoms with van der Waals surface area (Å²) in [7, 11) is 0. The molecule has 1 aliphatic rings. The number of hydrogen-bond donors (Lipinski definition) is 0. The van der Waals surface area contributed by atoms with E-state index in [1.54, 1.807) is 0 Å². The van der Waals surface area contributed by atoms with Crippen molar-refractivity contribution in [2.75, 3.05) is 0 Å². The molecule has 1 heteroatoms. The smallest absolute Gasteiger partial charge is 0.189 e. The molecule has 0 heterocycles. The van der Waals surface area contributed by atoms with E-state index in [4.69, 9.17) is 0 Å². The Morgan fingerprint density at radius 2 is 1.72 bits per heavy atom. The monoisotopic (exact) mass is 234 g/mol. The lowest BCUT2D eigenvalue weighted by molar-refractivity contribution is 0.103. The molecule has 0 saturated carbocycles. The summed E-state index contributed by atoms with van der Waals surface area (Å²) in [5.41, 5.74) is 5.17. The van der Waals surface area contributed by atoms with E-state index in [-0.39, 0.29) is 5.78 Å². The molecule has 0 saturated heterocycles. The quantitative estimate of drug-likeness (QED) is 0.722. The molecule has 0 amide bonds. The summed E-state index contributed by atoms with van der Waals surface area (Å²) in [4.78, 5) is 12.5. The van der Waals surface area contributed by atoms with Crippen LogP contribution in [0.4, 0.5) is 0 Å².